The van der Waals surface area contributed by atoms with Crippen molar-refractivity contribution in [3.05, 3.63) is 163 Å². The predicted molar refractivity (Wildman–Crippen MR) is 237 cm³/mol. The highest BCUT2D eigenvalue weighted by atomic mass is 35.5. The molecular weight excluding hydrogens is 726 g/mol. The smallest absolute Gasteiger partial charge is 0.176 e. The van der Waals surface area contributed by atoms with Crippen LogP contribution in [0.25, 0.3) is 124 Å². The van der Waals surface area contributed by atoms with Crippen LogP contribution in [0.4, 0.5) is 0 Å². The molecule has 0 saturated carbocycles. The summed E-state index contributed by atoms with van der Waals surface area (Å²) in [6, 6.07) is 56.2. The highest BCUT2D eigenvalue weighted by Gasteiger charge is 2.25. The van der Waals surface area contributed by atoms with Crippen LogP contribution in [0.1, 0.15) is 0 Å². The largest absolute Gasteiger partial charge is 0.454 e. The Morgan fingerprint density at radius 2 is 1.20 bits per heavy atom. The van der Waals surface area contributed by atoms with E-state index in [1.165, 1.54) is 31.3 Å². The normalized spacial score (nSPS) is 12.4. The van der Waals surface area contributed by atoms with E-state index in [1.54, 1.807) is 0 Å². The Bertz CT molecular complexity index is 3860. The van der Waals surface area contributed by atoms with Crippen molar-refractivity contribution in [3.63, 3.8) is 0 Å². The summed E-state index contributed by atoms with van der Waals surface area (Å²) in [6.07, 6.45) is 0. The van der Waals surface area contributed by atoms with Gasteiger partial charge in [0.05, 0.1) is 22.1 Å². The van der Waals surface area contributed by atoms with Gasteiger partial charge >= 0.3 is 0 Å². The molecule has 0 aliphatic carbocycles. The maximum absolute atomic E-state index is 7.16. The Balaban J connectivity index is 1.11. The Morgan fingerprint density at radius 1 is 0.500 bits per heavy atom. The van der Waals surface area contributed by atoms with E-state index < -0.39 is 0 Å². The van der Waals surface area contributed by atoms with Gasteiger partial charge in [-0.05, 0) is 80.5 Å². The molecule has 13 aromatic rings. The van der Waals surface area contributed by atoms with Gasteiger partial charge in [-0.1, -0.05) is 127 Å². The molecule has 0 aliphatic rings. The highest BCUT2D eigenvalue weighted by molar-refractivity contribution is 7.25. The second-order valence-electron chi connectivity index (χ2n) is 14.6. The van der Waals surface area contributed by atoms with Crippen molar-refractivity contribution < 1.29 is 4.42 Å². The van der Waals surface area contributed by atoms with E-state index >= 15 is 0 Å². The van der Waals surface area contributed by atoms with Crippen molar-refractivity contribution in [2.75, 3.05) is 0 Å². The molecule has 0 spiro atoms. The first-order valence-electron chi connectivity index (χ1n) is 18.7. The van der Waals surface area contributed by atoms with Gasteiger partial charge in [-0.25, -0.2) is 9.97 Å². The van der Waals surface area contributed by atoms with Crippen LogP contribution < -0.4 is 0 Å². The molecule has 0 unspecified atom stereocenters. The molecular formula is C50H26ClN3OS. The average molecular weight is 752 g/mol. The lowest BCUT2D eigenvalue weighted by Crippen LogP contribution is -2.01. The lowest BCUT2D eigenvalue weighted by molar-refractivity contribution is 0.671. The third-order valence-corrected chi connectivity index (χ3v) is 13.0. The number of fused-ring (bicyclic) bond motifs is 17. The Labute approximate surface area is 327 Å². The van der Waals surface area contributed by atoms with E-state index in [-0.39, 0.29) is 0 Å². The number of furan rings is 1. The van der Waals surface area contributed by atoms with Crippen LogP contribution in [0.2, 0.25) is 5.15 Å². The molecule has 0 bridgehead atoms. The fraction of sp³-hybridized carbons (Fsp3) is 0. The van der Waals surface area contributed by atoms with Crippen molar-refractivity contribution in [1.82, 2.24) is 14.5 Å². The summed E-state index contributed by atoms with van der Waals surface area (Å²) < 4.78 is 11.8. The molecule has 13 rings (SSSR count). The third kappa shape index (κ3) is 4.13. The quantitative estimate of drug-likeness (QED) is 0.165. The third-order valence-electron chi connectivity index (χ3n) is 11.6. The summed E-state index contributed by atoms with van der Waals surface area (Å²) in [4.78, 5) is 10.3. The van der Waals surface area contributed by atoms with E-state index in [1.807, 2.05) is 29.5 Å². The van der Waals surface area contributed by atoms with Crippen LogP contribution in [0.3, 0.4) is 0 Å². The molecule has 0 N–H and O–H groups in total. The van der Waals surface area contributed by atoms with Crippen molar-refractivity contribution in [2.45, 2.75) is 0 Å². The zero-order valence-corrected chi connectivity index (χ0v) is 31.1. The van der Waals surface area contributed by atoms with Gasteiger partial charge in [0.1, 0.15) is 5.58 Å². The van der Waals surface area contributed by atoms with Crippen molar-refractivity contribution in [1.29, 1.82) is 0 Å². The zero-order chi connectivity index (χ0) is 36.6. The SMILES string of the molecule is Clc1nc2ccc3ccccc3c2nc1-n1c2ccccc2c2c3ccccc3c3c4cc5cc(-c6ccc7c(c6)sc6ccccc67)ccc5cc4oc3c21. The molecule has 0 fully saturated rings. The average Bonchev–Trinajstić information content (AvgIpc) is 3.92. The second kappa shape index (κ2) is 11.1. The minimum Gasteiger partial charge on any atom is -0.454 e. The van der Waals surface area contributed by atoms with Crippen LogP contribution in [-0.2, 0) is 0 Å². The van der Waals surface area contributed by atoms with E-state index in [4.69, 9.17) is 26.0 Å². The maximum atomic E-state index is 7.16. The van der Waals surface area contributed by atoms with Gasteiger partial charge < -0.3 is 4.42 Å². The first kappa shape index (κ1) is 30.5. The number of hydrogen-bond acceptors (Lipinski definition) is 4. The zero-order valence-electron chi connectivity index (χ0n) is 29.5. The molecule has 0 radical (unpaired) electrons. The molecule has 0 saturated heterocycles. The van der Waals surface area contributed by atoms with Gasteiger partial charge in [0.15, 0.2) is 16.6 Å². The summed E-state index contributed by atoms with van der Waals surface area (Å²) >= 11 is 9.01. The molecule has 4 aromatic heterocycles. The van der Waals surface area contributed by atoms with Crippen molar-refractivity contribution in [2.24, 2.45) is 0 Å². The van der Waals surface area contributed by atoms with E-state index in [2.05, 4.69) is 144 Å². The minimum atomic E-state index is 0.333. The number of thiophene rings is 1. The van der Waals surface area contributed by atoms with E-state index in [9.17, 15) is 0 Å². The van der Waals surface area contributed by atoms with Gasteiger partial charge in [0.25, 0.3) is 0 Å². The van der Waals surface area contributed by atoms with Gasteiger partial charge in [0.2, 0.25) is 0 Å². The van der Waals surface area contributed by atoms with Crippen LogP contribution in [0, 0.1) is 0 Å². The first-order chi connectivity index (χ1) is 27.7. The summed E-state index contributed by atoms with van der Waals surface area (Å²) in [7, 11) is 0. The van der Waals surface area contributed by atoms with Gasteiger partial charge in [-0.15, -0.1) is 11.3 Å². The highest BCUT2D eigenvalue weighted by Crippen LogP contribution is 2.47. The molecule has 260 valence electrons. The first-order valence-corrected chi connectivity index (χ1v) is 19.9. The number of halogens is 1. The van der Waals surface area contributed by atoms with Crippen molar-refractivity contribution in [3.8, 4) is 16.9 Å². The molecule has 9 aromatic carbocycles. The molecule has 0 atom stereocenters. The van der Waals surface area contributed by atoms with Crippen molar-refractivity contribution >= 4 is 130 Å². The number of nitrogens with zero attached hydrogens (tertiary/aromatic N) is 3. The summed E-state index contributed by atoms with van der Waals surface area (Å²) in [5.74, 6) is 0.573. The fourth-order valence-electron chi connectivity index (χ4n) is 9.13. The lowest BCUT2D eigenvalue weighted by atomic mass is 9.96. The van der Waals surface area contributed by atoms with Gasteiger partial charge in [-0.3, -0.25) is 4.57 Å². The number of para-hydroxylation sites is 1. The molecule has 0 amide bonds. The molecule has 0 aliphatic heterocycles. The standard InChI is InChI=1S/C50H26ClN3OS/c51-49-50(53-46-32-10-2-1-9-27(32)20-22-39(46)52-49)54-40-15-7-5-14-37(40)44-35-12-3-4-13-36(35)45-38-24-31-23-28(17-18-29(31)25-41(38)55-48(45)47(44)54)30-19-21-34-33-11-6-8-16-42(33)56-43(34)26-30/h1-26H. The second-order valence-corrected chi connectivity index (χ2v) is 16.1. The number of hydrogen-bond donors (Lipinski definition) is 0. The summed E-state index contributed by atoms with van der Waals surface area (Å²) in [5, 5.41) is 14.0. The number of benzene rings is 9. The van der Waals surface area contributed by atoms with E-state index in [0.29, 0.717) is 11.0 Å². The lowest BCUT2D eigenvalue weighted by Gasteiger charge is -2.12. The number of aromatic nitrogens is 3. The minimum absolute atomic E-state index is 0.333. The van der Waals surface area contributed by atoms with Gasteiger partial charge in [0, 0.05) is 47.1 Å². The topological polar surface area (TPSA) is 43.9 Å². The van der Waals surface area contributed by atoms with Crippen LogP contribution in [-0.4, -0.2) is 14.5 Å². The molecule has 4 heterocycles. The fourth-order valence-corrected chi connectivity index (χ4v) is 10.5. The molecule has 6 heteroatoms. The Hall–Kier alpha value is -6.79. The molecule has 4 nitrogen and oxygen atoms in total. The maximum Gasteiger partial charge on any atom is 0.176 e. The Kier molecular flexibility index (Phi) is 6.07. The molecule has 56 heavy (non-hydrogen) atoms. The predicted octanol–water partition coefficient (Wildman–Crippen LogP) is 14.8. The van der Waals surface area contributed by atoms with E-state index in [0.717, 1.165) is 87.1 Å². The van der Waals surface area contributed by atoms with Crippen LogP contribution >= 0.6 is 22.9 Å². The van der Waals surface area contributed by atoms with Crippen LogP contribution in [0.5, 0.6) is 0 Å². The summed E-state index contributed by atoms with van der Waals surface area (Å²) in [5.41, 5.74) is 7.51. The Morgan fingerprint density at radius 3 is 2.09 bits per heavy atom. The number of rotatable bonds is 2. The van der Waals surface area contributed by atoms with Crippen LogP contribution in [0.15, 0.2) is 162 Å². The monoisotopic (exact) mass is 751 g/mol. The van der Waals surface area contributed by atoms with Gasteiger partial charge in [-0.2, -0.15) is 0 Å². The summed E-state index contributed by atoms with van der Waals surface area (Å²) in [6.45, 7) is 0.